The van der Waals surface area contributed by atoms with Gasteiger partial charge in [-0.15, -0.1) is 0 Å². The molecule has 3 aromatic carbocycles. The van der Waals surface area contributed by atoms with Gasteiger partial charge in [-0.25, -0.2) is 17.8 Å². The summed E-state index contributed by atoms with van der Waals surface area (Å²) in [4.78, 5) is 11.8. The molecule has 0 unspecified atom stereocenters. The number of hydrogen-bond acceptors (Lipinski definition) is 7. The lowest BCUT2D eigenvalue weighted by molar-refractivity contribution is 0.384. The molecule has 0 spiro atoms. The second-order valence-corrected chi connectivity index (χ2v) is 11.6. The van der Waals surface area contributed by atoms with Crippen molar-refractivity contribution in [3.05, 3.63) is 78.4 Å². The minimum Gasteiger partial charge on any atom is -0.353 e. The quantitative estimate of drug-likeness (QED) is 0.269. The Morgan fingerprint density at radius 2 is 1.67 bits per heavy atom. The molecule has 5 aromatic rings. The first-order chi connectivity index (χ1) is 18.9. The molecule has 1 aliphatic rings. The molecule has 0 saturated carbocycles. The maximum absolute atomic E-state index is 13.4. The first-order valence-electron chi connectivity index (χ1n) is 13.1. The third-order valence-corrected chi connectivity index (χ3v) is 9.04. The summed E-state index contributed by atoms with van der Waals surface area (Å²) in [5.41, 5.74) is 1.99. The molecule has 0 aliphatic carbocycles. The lowest BCUT2D eigenvalue weighted by Gasteiger charge is -2.35. The van der Waals surface area contributed by atoms with E-state index in [1.807, 2.05) is 18.2 Å². The van der Waals surface area contributed by atoms with Crippen LogP contribution in [0.15, 0.2) is 76.1 Å². The van der Waals surface area contributed by atoms with Gasteiger partial charge in [-0.05, 0) is 47.5 Å². The third-order valence-electron chi connectivity index (χ3n) is 7.13. The Morgan fingerprint density at radius 3 is 2.41 bits per heavy atom. The predicted octanol–water partition coefficient (Wildman–Crippen LogP) is 5.43. The number of anilines is 1. The zero-order valence-corrected chi connectivity index (χ0v) is 22.4. The van der Waals surface area contributed by atoms with Crippen molar-refractivity contribution in [1.82, 2.24) is 19.4 Å². The molecule has 0 bridgehead atoms. The molecule has 1 aliphatic heterocycles. The first kappa shape index (κ1) is 25.4. The molecule has 0 amide bonds. The van der Waals surface area contributed by atoms with Crippen LogP contribution in [-0.4, -0.2) is 54.0 Å². The summed E-state index contributed by atoms with van der Waals surface area (Å²) in [5, 5.41) is 7.35. The standard InChI is InChI=1S/C29H28FN5O3S/c1-2-3-8-25-31-28(34-15-17-35(18-16-34)39(36,37)24-13-11-23(30)12-14-24)26-27(33-38-29(26)32-25)22-10-9-20-6-4-5-7-21(20)19-22/h4-7,9-14,19H,2-3,8,15-18H2,1H3. The van der Waals surface area contributed by atoms with Gasteiger partial charge in [0.25, 0.3) is 5.71 Å². The number of aryl methyl sites for hydroxylation is 1. The normalized spacial score (nSPS) is 14.9. The van der Waals surface area contributed by atoms with Crippen molar-refractivity contribution >= 4 is 37.7 Å². The Balaban J connectivity index is 1.36. The summed E-state index contributed by atoms with van der Waals surface area (Å²) in [7, 11) is -3.73. The summed E-state index contributed by atoms with van der Waals surface area (Å²) >= 11 is 0. The maximum Gasteiger partial charge on any atom is 0.263 e. The maximum atomic E-state index is 13.4. The topological polar surface area (TPSA) is 92.4 Å². The van der Waals surface area contributed by atoms with Gasteiger partial charge in [-0.2, -0.15) is 9.29 Å². The largest absolute Gasteiger partial charge is 0.353 e. The molecule has 6 rings (SSSR count). The van der Waals surface area contributed by atoms with E-state index in [4.69, 9.17) is 9.51 Å². The molecule has 2 aromatic heterocycles. The predicted molar refractivity (Wildman–Crippen MR) is 149 cm³/mol. The fourth-order valence-corrected chi connectivity index (χ4v) is 6.41. The Kier molecular flexibility index (Phi) is 6.74. The van der Waals surface area contributed by atoms with Crippen LogP contribution in [0.1, 0.15) is 25.6 Å². The van der Waals surface area contributed by atoms with E-state index in [0.717, 1.165) is 34.6 Å². The van der Waals surface area contributed by atoms with Crippen molar-refractivity contribution in [2.24, 2.45) is 0 Å². The number of benzene rings is 3. The first-order valence-corrected chi connectivity index (χ1v) is 14.5. The summed E-state index contributed by atoms with van der Waals surface area (Å²) in [6, 6.07) is 19.2. The highest BCUT2D eigenvalue weighted by Gasteiger charge is 2.31. The van der Waals surface area contributed by atoms with Crippen molar-refractivity contribution in [3.63, 3.8) is 0 Å². The van der Waals surface area contributed by atoms with Gasteiger partial charge in [-0.3, -0.25) is 0 Å². The summed E-state index contributed by atoms with van der Waals surface area (Å²) < 4.78 is 46.9. The summed E-state index contributed by atoms with van der Waals surface area (Å²) in [6.07, 6.45) is 2.67. The molecule has 8 nitrogen and oxygen atoms in total. The molecular formula is C29H28FN5O3S. The molecule has 0 atom stereocenters. The smallest absolute Gasteiger partial charge is 0.263 e. The summed E-state index contributed by atoms with van der Waals surface area (Å²) in [6.45, 7) is 3.52. The molecule has 0 radical (unpaired) electrons. The van der Waals surface area contributed by atoms with E-state index in [1.165, 1.54) is 28.6 Å². The zero-order valence-electron chi connectivity index (χ0n) is 21.5. The Bertz CT molecular complexity index is 1750. The number of halogens is 1. The highest BCUT2D eigenvalue weighted by Crippen LogP contribution is 2.36. The van der Waals surface area contributed by atoms with E-state index in [2.05, 4.69) is 46.2 Å². The van der Waals surface area contributed by atoms with Crippen LogP contribution in [-0.2, 0) is 16.4 Å². The van der Waals surface area contributed by atoms with Gasteiger partial charge in [0, 0.05) is 38.2 Å². The Labute approximate surface area is 226 Å². The summed E-state index contributed by atoms with van der Waals surface area (Å²) in [5.74, 6) is 0.914. The van der Waals surface area contributed by atoms with Crippen molar-refractivity contribution in [1.29, 1.82) is 0 Å². The average Bonchev–Trinajstić information content (AvgIpc) is 3.40. The van der Waals surface area contributed by atoms with E-state index in [-0.39, 0.29) is 18.0 Å². The van der Waals surface area contributed by atoms with Crippen LogP contribution in [0.4, 0.5) is 10.2 Å². The van der Waals surface area contributed by atoms with E-state index >= 15 is 0 Å². The Hall–Kier alpha value is -3.89. The van der Waals surface area contributed by atoms with Crippen LogP contribution >= 0.6 is 0 Å². The molecule has 0 N–H and O–H groups in total. The van der Waals surface area contributed by atoms with Crippen LogP contribution in [0, 0.1) is 5.82 Å². The van der Waals surface area contributed by atoms with E-state index in [1.54, 1.807) is 0 Å². The van der Waals surface area contributed by atoms with Crippen LogP contribution in [0.3, 0.4) is 0 Å². The molecule has 3 heterocycles. The number of nitrogens with zero attached hydrogens (tertiary/aromatic N) is 5. The van der Waals surface area contributed by atoms with Gasteiger partial charge in [-0.1, -0.05) is 54.9 Å². The van der Waals surface area contributed by atoms with Crippen molar-refractivity contribution in [3.8, 4) is 11.3 Å². The Morgan fingerprint density at radius 1 is 0.923 bits per heavy atom. The number of fused-ring (bicyclic) bond motifs is 2. The van der Waals surface area contributed by atoms with Crippen LogP contribution < -0.4 is 4.90 Å². The van der Waals surface area contributed by atoms with E-state index in [9.17, 15) is 12.8 Å². The lowest BCUT2D eigenvalue weighted by atomic mass is 10.0. The zero-order chi connectivity index (χ0) is 27.0. The van der Waals surface area contributed by atoms with Crippen LogP contribution in [0.2, 0.25) is 0 Å². The second-order valence-electron chi connectivity index (χ2n) is 9.69. The molecule has 1 fully saturated rings. The van der Waals surface area contributed by atoms with Crippen LogP contribution in [0.25, 0.3) is 33.1 Å². The number of rotatable bonds is 7. The van der Waals surface area contributed by atoms with Gasteiger partial charge < -0.3 is 9.42 Å². The fourth-order valence-electron chi connectivity index (χ4n) is 4.98. The molecule has 10 heteroatoms. The van der Waals surface area contributed by atoms with E-state index < -0.39 is 15.8 Å². The minimum absolute atomic E-state index is 0.0845. The van der Waals surface area contributed by atoms with Gasteiger partial charge in [0.1, 0.15) is 28.5 Å². The second kappa shape index (κ2) is 10.3. The van der Waals surface area contributed by atoms with Gasteiger partial charge in [0.2, 0.25) is 10.0 Å². The number of hydrogen-bond donors (Lipinski definition) is 0. The number of sulfonamides is 1. The van der Waals surface area contributed by atoms with E-state index in [0.29, 0.717) is 42.6 Å². The molecule has 200 valence electrons. The highest BCUT2D eigenvalue weighted by atomic mass is 32.2. The van der Waals surface area contributed by atoms with Crippen molar-refractivity contribution < 1.29 is 17.3 Å². The fraction of sp³-hybridized carbons (Fsp3) is 0.276. The highest BCUT2D eigenvalue weighted by molar-refractivity contribution is 7.89. The molecule has 1 saturated heterocycles. The van der Waals surface area contributed by atoms with Crippen molar-refractivity contribution in [2.45, 2.75) is 31.1 Å². The number of aromatic nitrogens is 3. The number of unbranched alkanes of at least 4 members (excludes halogenated alkanes) is 1. The third kappa shape index (κ3) is 4.86. The minimum atomic E-state index is -3.73. The van der Waals surface area contributed by atoms with Gasteiger partial charge >= 0.3 is 0 Å². The van der Waals surface area contributed by atoms with Crippen molar-refractivity contribution in [2.75, 3.05) is 31.1 Å². The molecule has 39 heavy (non-hydrogen) atoms. The van der Waals surface area contributed by atoms with Crippen LogP contribution in [0.5, 0.6) is 0 Å². The average molecular weight is 546 g/mol. The SMILES string of the molecule is CCCCc1nc(N2CCN(S(=O)(=O)c3ccc(F)cc3)CC2)c2c(-c3ccc4ccccc4c3)noc2n1. The van der Waals surface area contributed by atoms with Gasteiger partial charge in [0.15, 0.2) is 0 Å². The molecular weight excluding hydrogens is 517 g/mol. The lowest BCUT2D eigenvalue weighted by Crippen LogP contribution is -2.49. The number of piperazine rings is 1. The monoisotopic (exact) mass is 545 g/mol. The van der Waals surface area contributed by atoms with Gasteiger partial charge in [0.05, 0.1) is 4.90 Å².